The van der Waals surface area contributed by atoms with Gasteiger partial charge in [-0.25, -0.2) is 0 Å². The number of nitrogens with zero attached hydrogens (tertiary/aromatic N) is 1. The molecule has 2 aliphatic heterocycles. The molecule has 2 heterocycles. The minimum Gasteiger partial charge on any atom is -0.497 e. The summed E-state index contributed by atoms with van der Waals surface area (Å²) in [4.78, 5) is 14.7. The molecule has 1 saturated heterocycles. The highest BCUT2D eigenvalue weighted by Gasteiger charge is 2.32. The van der Waals surface area contributed by atoms with E-state index in [1.54, 1.807) is 7.11 Å². The molecule has 114 valence electrons. The summed E-state index contributed by atoms with van der Waals surface area (Å²) in [5, 5.41) is 3.31. The lowest BCUT2D eigenvalue weighted by Gasteiger charge is -2.37. The van der Waals surface area contributed by atoms with Gasteiger partial charge in [0.15, 0.2) is 0 Å². The second-order valence-corrected chi connectivity index (χ2v) is 5.77. The van der Waals surface area contributed by atoms with Gasteiger partial charge in [0.2, 0.25) is 5.91 Å². The summed E-state index contributed by atoms with van der Waals surface area (Å²) in [5.41, 5.74) is 1.06. The Morgan fingerprint density at radius 2 is 2.33 bits per heavy atom. The number of piperazine rings is 1. The standard InChI is InChI=1S/C16H22N2O3/c1-11-9-17-5-6-18(11)16(19)13-7-12-8-14(20-2)3-4-15(12)21-10-13/h3-4,8,11,13,17H,5-7,9-10H2,1-2H3. The molecule has 0 aromatic heterocycles. The van der Waals surface area contributed by atoms with E-state index in [0.717, 1.165) is 43.1 Å². The molecule has 5 nitrogen and oxygen atoms in total. The minimum absolute atomic E-state index is 0.0924. The SMILES string of the molecule is COc1ccc2c(c1)CC(C(=O)N1CCNCC1C)CO2. The highest BCUT2D eigenvalue weighted by molar-refractivity contribution is 5.80. The number of carbonyl (C=O) groups excluding carboxylic acids is 1. The molecule has 2 aliphatic rings. The molecule has 2 atom stereocenters. The fourth-order valence-corrected chi connectivity index (χ4v) is 3.06. The number of carbonyl (C=O) groups is 1. The van der Waals surface area contributed by atoms with Crippen molar-refractivity contribution in [2.24, 2.45) is 5.92 Å². The van der Waals surface area contributed by atoms with Gasteiger partial charge in [-0.05, 0) is 37.1 Å². The maximum Gasteiger partial charge on any atom is 0.229 e. The maximum absolute atomic E-state index is 12.7. The lowest BCUT2D eigenvalue weighted by molar-refractivity contribution is -0.139. The van der Waals surface area contributed by atoms with Crippen LogP contribution in [0.5, 0.6) is 11.5 Å². The first kappa shape index (κ1) is 14.2. The highest BCUT2D eigenvalue weighted by atomic mass is 16.5. The van der Waals surface area contributed by atoms with E-state index in [2.05, 4.69) is 12.2 Å². The largest absolute Gasteiger partial charge is 0.497 e. The summed E-state index contributed by atoms with van der Waals surface area (Å²) in [5.74, 6) is 1.79. The van der Waals surface area contributed by atoms with Gasteiger partial charge in [-0.15, -0.1) is 0 Å². The lowest BCUT2D eigenvalue weighted by atomic mass is 9.94. The normalized spacial score (nSPS) is 25.0. The lowest BCUT2D eigenvalue weighted by Crippen LogP contribution is -2.54. The summed E-state index contributed by atoms with van der Waals surface area (Å²) < 4.78 is 11.0. The zero-order chi connectivity index (χ0) is 14.8. The molecular weight excluding hydrogens is 268 g/mol. The molecule has 0 radical (unpaired) electrons. The average molecular weight is 290 g/mol. The Hall–Kier alpha value is -1.75. The summed E-state index contributed by atoms with van der Waals surface area (Å²) in [6.45, 7) is 5.07. The monoisotopic (exact) mass is 290 g/mol. The first-order valence-electron chi connectivity index (χ1n) is 7.50. The van der Waals surface area contributed by atoms with Crippen LogP contribution in [0.15, 0.2) is 18.2 Å². The topological polar surface area (TPSA) is 50.8 Å². The van der Waals surface area contributed by atoms with Crippen molar-refractivity contribution in [3.63, 3.8) is 0 Å². The third kappa shape index (κ3) is 2.83. The Morgan fingerprint density at radius 1 is 1.48 bits per heavy atom. The van der Waals surface area contributed by atoms with E-state index in [1.807, 2.05) is 23.1 Å². The predicted molar refractivity (Wildman–Crippen MR) is 79.7 cm³/mol. The van der Waals surface area contributed by atoms with Crippen molar-refractivity contribution >= 4 is 5.91 Å². The summed E-state index contributed by atoms with van der Waals surface area (Å²) in [7, 11) is 1.65. The van der Waals surface area contributed by atoms with Crippen molar-refractivity contribution in [3.8, 4) is 11.5 Å². The van der Waals surface area contributed by atoms with Gasteiger partial charge >= 0.3 is 0 Å². The van der Waals surface area contributed by atoms with Crippen LogP contribution in [0.2, 0.25) is 0 Å². The van der Waals surface area contributed by atoms with Crippen LogP contribution in [0.25, 0.3) is 0 Å². The molecule has 0 saturated carbocycles. The van der Waals surface area contributed by atoms with Gasteiger partial charge in [0.25, 0.3) is 0 Å². The van der Waals surface area contributed by atoms with E-state index in [0.29, 0.717) is 6.61 Å². The predicted octanol–water partition coefficient (Wildman–Crippen LogP) is 1.07. The second kappa shape index (κ2) is 5.93. The van der Waals surface area contributed by atoms with Crippen LogP contribution in [0, 0.1) is 5.92 Å². The number of hydrogen-bond donors (Lipinski definition) is 1. The van der Waals surface area contributed by atoms with E-state index in [9.17, 15) is 4.79 Å². The van der Waals surface area contributed by atoms with Gasteiger partial charge in [-0.1, -0.05) is 0 Å². The molecule has 21 heavy (non-hydrogen) atoms. The number of benzene rings is 1. The van der Waals surface area contributed by atoms with E-state index in [1.165, 1.54) is 0 Å². The van der Waals surface area contributed by atoms with Gasteiger partial charge in [0.05, 0.1) is 13.0 Å². The van der Waals surface area contributed by atoms with Gasteiger partial charge in [0, 0.05) is 25.7 Å². The van der Waals surface area contributed by atoms with Crippen LogP contribution in [-0.4, -0.2) is 50.2 Å². The van der Waals surface area contributed by atoms with Crippen LogP contribution in [-0.2, 0) is 11.2 Å². The van der Waals surface area contributed by atoms with Crippen LogP contribution in [0.3, 0.4) is 0 Å². The van der Waals surface area contributed by atoms with Crippen molar-refractivity contribution < 1.29 is 14.3 Å². The molecule has 0 aliphatic carbocycles. The summed E-state index contributed by atoms with van der Waals surface area (Å²) >= 11 is 0. The number of nitrogens with one attached hydrogen (secondary N) is 1. The quantitative estimate of drug-likeness (QED) is 0.885. The van der Waals surface area contributed by atoms with Gasteiger partial charge < -0.3 is 19.7 Å². The number of fused-ring (bicyclic) bond motifs is 1. The van der Waals surface area contributed by atoms with Crippen LogP contribution in [0.1, 0.15) is 12.5 Å². The first-order valence-corrected chi connectivity index (χ1v) is 7.50. The van der Waals surface area contributed by atoms with Crippen LogP contribution >= 0.6 is 0 Å². The van der Waals surface area contributed by atoms with Crippen molar-refractivity contribution in [3.05, 3.63) is 23.8 Å². The molecule has 0 bridgehead atoms. The summed E-state index contributed by atoms with van der Waals surface area (Å²) in [6, 6.07) is 6.02. The molecule has 5 heteroatoms. The average Bonchev–Trinajstić information content (AvgIpc) is 2.53. The number of hydrogen-bond acceptors (Lipinski definition) is 4. The van der Waals surface area contributed by atoms with Crippen LogP contribution < -0.4 is 14.8 Å². The second-order valence-electron chi connectivity index (χ2n) is 5.77. The Labute approximate surface area is 125 Å². The molecule has 0 spiro atoms. The van der Waals surface area contributed by atoms with E-state index in [4.69, 9.17) is 9.47 Å². The highest BCUT2D eigenvalue weighted by Crippen LogP contribution is 2.31. The molecule has 1 N–H and O–H groups in total. The zero-order valence-electron chi connectivity index (χ0n) is 12.6. The number of rotatable bonds is 2. The summed E-state index contributed by atoms with van der Waals surface area (Å²) in [6.07, 6.45) is 0.724. The first-order chi connectivity index (χ1) is 10.2. The molecule has 1 fully saturated rings. The fourth-order valence-electron chi connectivity index (χ4n) is 3.06. The third-order valence-electron chi connectivity index (χ3n) is 4.31. The van der Waals surface area contributed by atoms with Gasteiger partial charge in [0.1, 0.15) is 18.1 Å². The molecule has 3 rings (SSSR count). The molecular formula is C16H22N2O3. The number of ether oxygens (including phenoxy) is 2. The Kier molecular flexibility index (Phi) is 4.01. The van der Waals surface area contributed by atoms with Crippen molar-refractivity contribution in [2.75, 3.05) is 33.4 Å². The van der Waals surface area contributed by atoms with E-state index < -0.39 is 0 Å². The van der Waals surface area contributed by atoms with E-state index >= 15 is 0 Å². The third-order valence-corrected chi connectivity index (χ3v) is 4.31. The molecule has 1 amide bonds. The minimum atomic E-state index is -0.0924. The van der Waals surface area contributed by atoms with Gasteiger partial charge in [-0.3, -0.25) is 4.79 Å². The molecule has 1 aromatic rings. The Morgan fingerprint density at radius 3 is 3.10 bits per heavy atom. The van der Waals surface area contributed by atoms with Crippen LogP contribution in [0.4, 0.5) is 0 Å². The van der Waals surface area contributed by atoms with Crippen molar-refractivity contribution in [1.82, 2.24) is 10.2 Å². The molecule has 2 unspecified atom stereocenters. The van der Waals surface area contributed by atoms with Crippen molar-refractivity contribution in [1.29, 1.82) is 0 Å². The molecule has 1 aromatic carbocycles. The smallest absolute Gasteiger partial charge is 0.229 e. The Balaban J connectivity index is 1.74. The van der Waals surface area contributed by atoms with E-state index in [-0.39, 0.29) is 17.9 Å². The maximum atomic E-state index is 12.7. The Bertz CT molecular complexity index is 532. The zero-order valence-corrected chi connectivity index (χ0v) is 12.6. The van der Waals surface area contributed by atoms with Crippen molar-refractivity contribution in [2.45, 2.75) is 19.4 Å². The van der Waals surface area contributed by atoms with Gasteiger partial charge in [-0.2, -0.15) is 0 Å². The fraction of sp³-hybridized carbons (Fsp3) is 0.562. The number of methoxy groups -OCH3 is 1. The number of amides is 1.